The number of sulfonamides is 1. The van der Waals surface area contributed by atoms with Crippen molar-refractivity contribution in [1.82, 2.24) is 14.1 Å². The van der Waals surface area contributed by atoms with Gasteiger partial charge in [0.25, 0.3) is 0 Å². The van der Waals surface area contributed by atoms with Crippen LogP contribution in [-0.2, 0) is 14.8 Å². The van der Waals surface area contributed by atoms with Gasteiger partial charge in [0.05, 0.1) is 23.5 Å². The van der Waals surface area contributed by atoms with Crippen molar-refractivity contribution in [2.75, 3.05) is 13.1 Å². The lowest BCUT2D eigenvalue weighted by atomic mass is 9.99. The van der Waals surface area contributed by atoms with Crippen molar-refractivity contribution in [2.24, 2.45) is 5.92 Å². The van der Waals surface area contributed by atoms with Crippen LogP contribution in [0.2, 0.25) is 5.02 Å². The highest BCUT2D eigenvalue weighted by atomic mass is 35.5. The molecule has 0 unspecified atom stereocenters. The molecular formula is C16H18ClN3O4S. The number of aromatic nitrogens is 2. The van der Waals surface area contributed by atoms with E-state index in [9.17, 15) is 13.2 Å². The van der Waals surface area contributed by atoms with Gasteiger partial charge in [-0.05, 0) is 44.0 Å². The van der Waals surface area contributed by atoms with Crippen molar-refractivity contribution in [2.45, 2.75) is 24.7 Å². The Hall–Kier alpha value is -1.90. The van der Waals surface area contributed by atoms with Crippen LogP contribution in [0.4, 0.5) is 0 Å². The summed E-state index contributed by atoms with van der Waals surface area (Å²) in [6, 6.07) is 6.94. The van der Waals surface area contributed by atoms with E-state index in [0.29, 0.717) is 29.2 Å². The van der Waals surface area contributed by atoms with E-state index in [1.54, 1.807) is 35.9 Å². The number of hydrogen-bond acceptors (Lipinski definition) is 4. The predicted molar refractivity (Wildman–Crippen MR) is 92.4 cm³/mol. The molecule has 0 amide bonds. The Morgan fingerprint density at radius 2 is 1.84 bits per heavy atom. The monoisotopic (exact) mass is 383 g/mol. The highest BCUT2D eigenvalue weighted by Crippen LogP contribution is 2.27. The van der Waals surface area contributed by atoms with Crippen LogP contribution in [0.3, 0.4) is 0 Å². The molecule has 1 aromatic carbocycles. The van der Waals surface area contributed by atoms with E-state index < -0.39 is 21.9 Å². The molecule has 1 fully saturated rings. The minimum Gasteiger partial charge on any atom is -0.481 e. The van der Waals surface area contributed by atoms with Gasteiger partial charge in [0.1, 0.15) is 4.90 Å². The smallest absolute Gasteiger partial charge is 0.306 e. The fourth-order valence-electron chi connectivity index (χ4n) is 2.97. The normalized spacial score (nSPS) is 16.9. The topological polar surface area (TPSA) is 92.5 Å². The third-order valence-corrected chi connectivity index (χ3v) is 6.71. The Bertz CT molecular complexity index is 885. The van der Waals surface area contributed by atoms with Crippen molar-refractivity contribution in [3.8, 4) is 5.69 Å². The third-order valence-electron chi connectivity index (χ3n) is 4.46. The van der Waals surface area contributed by atoms with Gasteiger partial charge >= 0.3 is 5.97 Å². The summed E-state index contributed by atoms with van der Waals surface area (Å²) in [6.07, 6.45) is 1.97. The van der Waals surface area contributed by atoms with Gasteiger partial charge in [-0.15, -0.1) is 0 Å². The first-order chi connectivity index (χ1) is 11.8. The predicted octanol–water partition coefficient (Wildman–Crippen LogP) is 2.32. The van der Waals surface area contributed by atoms with Crippen LogP contribution in [0.15, 0.2) is 35.4 Å². The standard InChI is InChI=1S/C16H18ClN3O4S/c1-11-15(10-18-20(11)14-4-2-13(17)3-5-14)25(23,24)19-8-6-12(7-9-19)16(21)22/h2-5,10,12H,6-9H2,1H3,(H,21,22). The van der Waals surface area contributed by atoms with E-state index in [0.717, 1.165) is 0 Å². The number of hydrogen-bond donors (Lipinski definition) is 1. The van der Waals surface area contributed by atoms with Crippen molar-refractivity contribution in [1.29, 1.82) is 0 Å². The minimum atomic E-state index is -3.71. The number of nitrogens with zero attached hydrogens (tertiary/aromatic N) is 3. The number of carboxylic acids is 1. The number of piperidine rings is 1. The zero-order valence-corrected chi connectivity index (χ0v) is 15.2. The molecule has 1 aromatic heterocycles. The van der Waals surface area contributed by atoms with E-state index in [1.165, 1.54) is 10.5 Å². The van der Waals surface area contributed by atoms with Crippen LogP contribution in [0, 0.1) is 12.8 Å². The minimum absolute atomic E-state index is 0.135. The van der Waals surface area contributed by atoms with Crippen LogP contribution < -0.4 is 0 Å². The summed E-state index contributed by atoms with van der Waals surface area (Å²) in [6.45, 7) is 2.09. The molecule has 0 atom stereocenters. The summed E-state index contributed by atoms with van der Waals surface area (Å²) in [4.78, 5) is 11.2. The average Bonchev–Trinajstić information content (AvgIpc) is 2.98. The molecule has 3 rings (SSSR count). The van der Waals surface area contributed by atoms with E-state index >= 15 is 0 Å². The van der Waals surface area contributed by atoms with E-state index in [2.05, 4.69) is 5.10 Å². The van der Waals surface area contributed by atoms with Gasteiger partial charge in [-0.1, -0.05) is 11.6 Å². The fourth-order valence-corrected chi connectivity index (χ4v) is 4.71. The van der Waals surface area contributed by atoms with Gasteiger partial charge in [-0.3, -0.25) is 4.79 Å². The maximum absolute atomic E-state index is 12.9. The van der Waals surface area contributed by atoms with E-state index in [1.807, 2.05) is 0 Å². The van der Waals surface area contributed by atoms with Gasteiger partial charge in [-0.2, -0.15) is 9.40 Å². The van der Waals surface area contributed by atoms with Gasteiger partial charge in [0, 0.05) is 18.1 Å². The largest absolute Gasteiger partial charge is 0.481 e. The number of benzene rings is 1. The second kappa shape index (κ2) is 6.78. The van der Waals surface area contributed by atoms with Gasteiger partial charge in [0.2, 0.25) is 10.0 Å². The number of carbonyl (C=O) groups is 1. The molecule has 2 aromatic rings. The molecular weight excluding hydrogens is 366 g/mol. The molecule has 0 saturated carbocycles. The molecule has 0 radical (unpaired) electrons. The molecule has 25 heavy (non-hydrogen) atoms. The Labute approximate surface area is 150 Å². The first kappa shape index (κ1) is 17.9. The number of aliphatic carboxylic acids is 1. The van der Waals surface area contributed by atoms with Crippen molar-refractivity contribution >= 4 is 27.6 Å². The van der Waals surface area contributed by atoms with Crippen LogP contribution in [0.25, 0.3) is 5.69 Å². The van der Waals surface area contributed by atoms with Crippen molar-refractivity contribution in [3.05, 3.63) is 41.2 Å². The van der Waals surface area contributed by atoms with Gasteiger partial charge in [0.15, 0.2) is 0 Å². The lowest BCUT2D eigenvalue weighted by molar-refractivity contribution is -0.142. The molecule has 0 spiro atoms. The van der Waals surface area contributed by atoms with E-state index in [-0.39, 0.29) is 18.0 Å². The summed E-state index contributed by atoms with van der Waals surface area (Å²) in [5.74, 6) is -1.35. The lowest BCUT2D eigenvalue weighted by Crippen LogP contribution is -2.40. The molecule has 7 nitrogen and oxygen atoms in total. The molecule has 1 aliphatic rings. The van der Waals surface area contributed by atoms with Crippen LogP contribution >= 0.6 is 11.6 Å². The van der Waals surface area contributed by atoms with Gasteiger partial charge in [-0.25, -0.2) is 13.1 Å². The van der Waals surface area contributed by atoms with Crippen LogP contribution in [0.5, 0.6) is 0 Å². The molecule has 1 aliphatic heterocycles. The second-order valence-electron chi connectivity index (χ2n) is 6.00. The van der Waals surface area contributed by atoms with E-state index in [4.69, 9.17) is 16.7 Å². The second-order valence-corrected chi connectivity index (χ2v) is 8.34. The van der Waals surface area contributed by atoms with Crippen molar-refractivity contribution < 1.29 is 18.3 Å². The summed E-state index contributed by atoms with van der Waals surface area (Å²) < 4.78 is 28.7. The maximum atomic E-state index is 12.9. The number of rotatable bonds is 4. The molecule has 0 bridgehead atoms. The Morgan fingerprint density at radius 1 is 1.24 bits per heavy atom. The number of halogens is 1. The van der Waals surface area contributed by atoms with Crippen LogP contribution in [0.1, 0.15) is 18.5 Å². The molecule has 0 aliphatic carbocycles. The Kier molecular flexibility index (Phi) is 4.86. The third kappa shape index (κ3) is 3.42. The Balaban J connectivity index is 1.87. The molecule has 134 valence electrons. The summed E-state index contributed by atoms with van der Waals surface area (Å²) >= 11 is 5.88. The van der Waals surface area contributed by atoms with Crippen molar-refractivity contribution in [3.63, 3.8) is 0 Å². The maximum Gasteiger partial charge on any atom is 0.306 e. The molecule has 1 N–H and O–H groups in total. The molecule has 1 saturated heterocycles. The highest BCUT2D eigenvalue weighted by Gasteiger charge is 2.34. The molecule has 9 heteroatoms. The first-order valence-electron chi connectivity index (χ1n) is 7.84. The molecule has 2 heterocycles. The lowest BCUT2D eigenvalue weighted by Gasteiger charge is -2.29. The highest BCUT2D eigenvalue weighted by molar-refractivity contribution is 7.89. The van der Waals surface area contributed by atoms with Gasteiger partial charge < -0.3 is 5.11 Å². The number of carboxylic acid groups (broad SMARTS) is 1. The average molecular weight is 384 g/mol. The zero-order valence-electron chi connectivity index (χ0n) is 13.6. The quantitative estimate of drug-likeness (QED) is 0.874. The first-order valence-corrected chi connectivity index (χ1v) is 9.66. The summed E-state index contributed by atoms with van der Waals surface area (Å²) in [5, 5.41) is 13.8. The fraction of sp³-hybridized carbons (Fsp3) is 0.375. The SMILES string of the molecule is Cc1c(S(=O)(=O)N2CCC(C(=O)O)CC2)cnn1-c1ccc(Cl)cc1. The zero-order chi connectivity index (χ0) is 18.2. The van der Waals surface area contributed by atoms with Crippen LogP contribution in [-0.4, -0.2) is 46.7 Å². The Morgan fingerprint density at radius 3 is 2.40 bits per heavy atom. The summed E-state index contributed by atoms with van der Waals surface area (Å²) in [5.41, 5.74) is 1.22. The summed E-state index contributed by atoms with van der Waals surface area (Å²) in [7, 11) is -3.71.